The van der Waals surface area contributed by atoms with Gasteiger partial charge in [-0.2, -0.15) is 0 Å². The van der Waals surface area contributed by atoms with Crippen LogP contribution in [0.5, 0.6) is 0 Å². The van der Waals surface area contributed by atoms with Crippen LogP contribution in [-0.4, -0.2) is 66.2 Å². The van der Waals surface area contributed by atoms with E-state index in [1.807, 2.05) is 6.92 Å². The third kappa shape index (κ3) is 3.57. The predicted octanol–water partition coefficient (Wildman–Crippen LogP) is 0.681. The number of rotatable bonds is 7. The molecule has 0 aromatic rings. The Morgan fingerprint density at radius 1 is 1.38 bits per heavy atom. The van der Waals surface area contributed by atoms with Crippen LogP contribution in [0.4, 0.5) is 0 Å². The van der Waals surface area contributed by atoms with Crippen molar-refractivity contribution in [2.75, 3.05) is 23.9 Å². The van der Waals surface area contributed by atoms with Gasteiger partial charge in [-0.05, 0) is 13.3 Å². The predicted molar refractivity (Wildman–Crippen MR) is 91.8 cm³/mol. The Hall–Kier alpha value is -0.800. The quantitative estimate of drug-likeness (QED) is 0.669. The molecule has 138 valence electrons. The van der Waals surface area contributed by atoms with Crippen LogP contribution < -0.4 is 5.32 Å². The van der Waals surface area contributed by atoms with Gasteiger partial charge in [-0.25, -0.2) is 13.2 Å². The van der Waals surface area contributed by atoms with E-state index in [9.17, 15) is 23.1 Å². The lowest BCUT2D eigenvalue weighted by Crippen LogP contribution is -2.76. The molecule has 2 N–H and O–H groups in total. The summed E-state index contributed by atoms with van der Waals surface area (Å²) in [6.07, 6.45) is 0.561. The molecule has 1 saturated heterocycles. The summed E-state index contributed by atoms with van der Waals surface area (Å²) in [5.74, 6) is -1.13. The maximum Gasteiger partial charge on any atom is 0.330 e. The zero-order valence-corrected chi connectivity index (χ0v) is 15.8. The molecule has 2 fully saturated rings. The molecule has 0 bridgehead atoms. The molecule has 1 saturated carbocycles. The van der Waals surface area contributed by atoms with Crippen molar-refractivity contribution in [3.8, 4) is 0 Å². The SMILES string of the molecule is CCOC1CC(NC(=O)CSC2CCS(=O)(=O)C2)(C(=O)O)C1(C)C. The molecule has 1 amide bonds. The topological polar surface area (TPSA) is 110 Å². The van der Waals surface area contributed by atoms with Crippen LogP contribution in [0.2, 0.25) is 0 Å². The standard InChI is InChI=1S/C15H25NO6S2/c1-4-22-11-7-15(13(18)19,14(11,2)3)16-12(17)8-23-10-5-6-24(20,21)9-10/h10-11H,4-9H2,1-3H3,(H,16,17)(H,18,19). The van der Waals surface area contributed by atoms with Crippen molar-refractivity contribution < 1.29 is 27.9 Å². The minimum Gasteiger partial charge on any atom is -0.479 e. The summed E-state index contributed by atoms with van der Waals surface area (Å²) in [6, 6.07) is 0. The van der Waals surface area contributed by atoms with Gasteiger partial charge in [0.15, 0.2) is 9.84 Å². The van der Waals surface area contributed by atoms with Gasteiger partial charge in [0.25, 0.3) is 0 Å². The van der Waals surface area contributed by atoms with Crippen LogP contribution >= 0.6 is 11.8 Å². The third-order valence-electron chi connectivity index (χ3n) is 5.12. The normalized spacial score (nSPS) is 33.6. The van der Waals surface area contributed by atoms with Gasteiger partial charge < -0.3 is 15.2 Å². The highest BCUT2D eigenvalue weighted by atomic mass is 32.2. The minimum absolute atomic E-state index is 0.0601. The first-order valence-corrected chi connectivity index (χ1v) is 10.9. The highest BCUT2D eigenvalue weighted by molar-refractivity contribution is 8.02. The largest absolute Gasteiger partial charge is 0.479 e. The number of aliphatic carboxylic acids is 1. The van der Waals surface area contributed by atoms with Crippen LogP contribution in [0.1, 0.15) is 33.6 Å². The summed E-state index contributed by atoms with van der Waals surface area (Å²) in [6.45, 7) is 5.90. The van der Waals surface area contributed by atoms with Crippen molar-refractivity contribution in [1.82, 2.24) is 5.32 Å². The second-order valence-corrected chi connectivity index (χ2v) is 10.5. The number of carbonyl (C=O) groups is 2. The number of carbonyl (C=O) groups excluding carboxylic acids is 1. The number of carboxylic acid groups (broad SMARTS) is 1. The van der Waals surface area contributed by atoms with Gasteiger partial charge in [0.1, 0.15) is 5.54 Å². The third-order valence-corrected chi connectivity index (χ3v) is 8.40. The molecule has 2 aliphatic rings. The van der Waals surface area contributed by atoms with Crippen molar-refractivity contribution in [3.05, 3.63) is 0 Å². The van der Waals surface area contributed by atoms with Crippen LogP contribution in [0.15, 0.2) is 0 Å². The first-order chi connectivity index (χ1) is 11.0. The fourth-order valence-electron chi connectivity index (χ4n) is 3.40. The van der Waals surface area contributed by atoms with E-state index in [1.54, 1.807) is 13.8 Å². The molecule has 9 heteroatoms. The number of amides is 1. The Labute approximate surface area is 146 Å². The average molecular weight is 380 g/mol. The molecule has 0 spiro atoms. The summed E-state index contributed by atoms with van der Waals surface area (Å²) in [4.78, 5) is 24.0. The van der Waals surface area contributed by atoms with Gasteiger partial charge in [0.05, 0.1) is 23.4 Å². The molecular weight excluding hydrogens is 354 g/mol. The molecule has 0 radical (unpaired) electrons. The number of hydrogen-bond donors (Lipinski definition) is 2. The van der Waals surface area contributed by atoms with Gasteiger partial charge >= 0.3 is 5.97 Å². The summed E-state index contributed by atoms with van der Waals surface area (Å²) in [7, 11) is -2.98. The maximum absolute atomic E-state index is 12.2. The molecular formula is C15H25NO6S2. The Balaban J connectivity index is 1.94. The second-order valence-electron chi connectivity index (χ2n) is 6.96. The van der Waals surface area contributed by atoms with E-state index < -0.39 is 26.8 Å². The molecule has 3 atom stereocenters. The molecule has 2 rings (SSSR count). The Morgan fingerprint density at radius 3 is 2.50 bits per heavy atom. The van der Waals surface area contributed by atoms with Crippen molar-refractivity contribution in [1.29, 1.82) is 0 Å². The maximum atomic E-state index is 12.2. The van der Waals surface area contributed by atoms with Crippen molar-refractivity contribution >= 4 is 33.5 Å². The summed E-state index contributed by atoms with van der Waals surface area (Å²) >= 11 is 1.28. The number of carboxylic acids is 1. The first-order valence-electron chi connectivity index (χ1n) is 8.02. The number of hydrogen-bond acceptors (Lipinski definition) is 6. The van der Waals surface area contributed by atoms with Gasteiger partial charge in [0.2, 0.25) is 5.91 Å². The van der Waals surface area contributed by atoms with E-state index in [4.69, 9.17) is 4.74 Å². The fraction of sp³-hybridized carbons (Fsp3) is 0.867. The molecule has 24 heavy (non-hydrogen) atoms. The highest BCUT2D eigenvalue weighted by Gasteiger charge is 2.66. The van der Waals surface area contributed by atoms with Crippen molar-refractivity contribution in [3.63, 3.8) is 0 Å². The van der Waals surface area contributed by atoms with Gasteiger partial charge in [-0.3, -0.25) is 4.79 Å². The number of ether oxygens (including phenoxy) is 1. The molecule has 1 aliphatic carbocycles. The lowest BCUT2D eigenvalue weighted by Gasteiger charge is -2.58. The highest BCUT2D eigenvalue weighted by Crippen LogP contribution is 2.51. The minimum atomic E-state index is -2.98. The van der Waals surface area contributed by atoms with E-state index in [-0.39, 0.29) is 40.9 Å². The van der Waals surface area contributed by atoms with E-state index in [0.717, 1.165) is 0 Å². The van der Waals surface area contributed by atoms with Crippen LogP contribution in [-0.2, 0) is 24.2 Å². The number of nitrogens with one attached hydrogen (secondary N) is 1. The van der Waals surface area contributed by atoms with Gasteiger partial charge in [0, 0.05) is 23.7 Å². The van der Waals surface area contributed by atoms with Crippen molar-refractivity contribution in [2.45, 2.75) is 50.5 Å². The number of thioether (sulfide) groups is 1. The lowest BCUT2D eigenvalue weighted by atomic mass is 9.54. The van der Waals surface area contributed by atoms with E-state index >= 15 is 0 Å². The van der Waals surface area contributed by atoms with Crippen LogP contribution in [0, 0.1) is 5.41 Å². The Bertz CT molecular complexity index is 617. The lowest BCUT2D eigenvalue weighted by molar-refractivity contribution is -0.194. The van der Waals surface area contributed by atoms with Gasteiger partial charge in [-0.15, -0.1) is 11.8 Å². The molecule has 0 aromatic carbocycles. The van der Waals surface area contributed by atoms with E-state index in [1.165, 1.54) is 11.8 Å². The Morgan fingerprint density at radius 2 is 2.04 bits per heavy atom. The van der Waals surface area contributed by atoms with Crippen LogP contribution in [0.3, 0.4) is 0 Å². The van der Waals surface area contributed by atoms with Gasteiger partial charge in [-0.1, -0.05) is 13.8 Å². The first kappa shape index (κ1) is 19.5. The Kier molecular flexibility index (Phi) is 5.56. The monoisotopic (exact) mass is 379 g/mol. The molecule has 3 unspecified atom stereocenters. The molecule has 1 aliphatic heterocycles. The summed E-state index contributed by atoms with van der Waals surface area (Å²) in [5.41, 5.74) is -2.06. The molecule has 7 nitrogen and oxygen atoms in total. The smallest absolute Gasteiger partial charge is 0.330 e. The van der Waals surface area contributed by atoms with E-state index in [2.05, 4.69) is 5.32 Å². The summed E-state index contributed by atoms with van der Waals surface area (Å²) in [5, 5.41) is 12.2. The van der Waals surface area contributed by atoms with Crippen LogP contribution in [0.25, 0.3) is 0 Å². The molecule has 1 heterocycles. The zero-order chi connectivity index (χ0) is 18.2. The van der Waals surface area contributed by atoms with E-state index in [0.29, 0.717) is 13.0 Å². The second kappa shape index (κ2) is 6.84. The molecule has 0 aromatic heterocycles. The fourth-order valence-corrected chi connectivity index (χ4v) is 6.84. The number of sulfone groups is 1. The van der Waals surface area contributed by atoms with Crippen molar-refractivity contribution in [2.24, 2.45) is 5.41 Å². The zero-order valence-electron chi connectivity index (χ0n) is 14.2. The summed E-state index contributed by atoms with van der Waals surface area (Å²) < 4.78 is 28.4. The average Bonchev–Trinajstić information content (AvgIpc) is 2.82.